The Kier molecular flexibility index (Phi) is 2.27. The third-order valence-electron chi connectivity index (χ3n) is 2.73. The van der Waals surface area contributed by atoms with Crippen LogP contribution in [0.1, 0.15) is 12.5 Å². The van der Waals surface area contributed by atoms with Crippen molar-refractivity contribution < 1.29 is 8.78 Å². The van der Waals surface area contributed by atoms with E-state index in [4.69, 9.17) is 0 Å². The first-order valence-corrected chi connectivity index (χ1v) is 4.74. The van der Waals surface area contributed by atoms with Crippen molar-refractivity contribution in [3.05, 3.63) is 35.4 Å². The lowest BCUT2D eigenvalue weighted by Crippen LogP contribution is -2.52. The zero-order valence-electron chi connectivity index (χ0n) is 8.11. The van der Waals surface area contributed by atoms with Crippen molar-refractivity contribution in [1.82, 2.24) is 5.32 Å². The quantitative estimate of drug-likeness (QED) is 0.765. The summed E-state index contributed by atoms with van der Waals surface area (Å²) in [6, 6.07) is 3.64. The lowest BCUT2D eigenvalue weighted by atomic mass is 9.78. The Morgan fingerprint density at radius 1 is 1.36 bits per heavy atom. The highest BCUT2D eigenvalue weighted by atomic mass is 19.1. The fraction of sp³-hybridized carbons (Fsp3) is 0.455. The first-order valence-electron chi connectivity index (χ1n) is 4.74. The summed E-state index contributed by atoms with van der Waals surface area (Å²) in [4.78, 5) is 0. The molecular weight excluding hydrogens is 184 g/mol. The molecule has 0 unspecified atom stereocenters. The van der Waals surface area contributed by atoms with Gasteiger partial charge in [-0.05, 0) is 35.6 Å². The summed E-state index contributed by atoms with van der Waals surface area (Å²) in [5, 5.41) is 3.14. The standard InChI is InChI=1S/C11H13F2N/c1-11(6-14-7-11)5-8-4-9(12)2-3-10(8)13/h2-4,14H,5-7H2,1H3. The molecule has 2 rings (SSSR count). The number of hydrogen-bond donors (Lipinski definition) is 1. The van der Waals surface area contributed by atoms with Crippen LogP contribution in [0.5, 0.6) is 0 Å². The van der Waals surface area contributed by atoms with Crippen LogP contribution in [-0.4, -0.2) is 13.1 Å². The minimum atomic E-state index is -0.364. The summed E-state index contributed by atoms with van der Waals surface area (Å²) in [7, 11) is 0. The Bertz CT molecular complexity index is 345. The van der Waals surface area contributed by atoms with E-state index in [1.165, 1.54) is 12.1 Å². The number of rotatable bonds is 2. The van der Waals surface area contributed by atoms with Gasteiger partial charge in [0.05, 0.1) is 0 Å². The Morgan fingerprint density at radius 2 is 2.07 bits per heavy atom. The van der Waals surface area contributed by atoms with Crippen molar-refractivity contribution in [1.29, 1.82) is 0 Å². The Hall–Kier alpha value is -0.960. The van der Waals surface area contributed by atoms with E-state index < -0.39 is 0 Å². The Labute approximate surface area is 82.1 Å². The molecular formula is C11H13F2N. The van der Waals surface area contributed by atoms with Gasteiger partial charge in [0.15, 0.2) is 0 Å². The van der Waals surface area contributed by atoms with Gasteiger partial charge in [-0.15, -0.1) is 0 Å². The average molecular weight is 197 g/mol. The fourth-order valence-corrected chi connectivity index (χ4v) is 1.82. The molecule has 1 saturated heterocycles. The molecule has 1 heterocycles. The van der Waals surface area contributed by atoms with Gasteiger partial charge in [0.1, 0.15) is 11.6 Å². The van der Waals surface area contributed by atoms with Gasteiger partial charge in [0, 0.05) is 13.1 Å². The first-order chi connectivity index (χ1) is 6.59. The molecule has 1 nitrogen and oxygen atoms in total. The van der Waals surface area contributed by atoms with Gasteiger partial charge in [-0.25, -0.2) is 8.78 Å². The van der Waals surface area contributed by atoms with Crippen molar-refractivity contribution in [2.75, 3.05) is 13.1 Å². The minimum absolute atomic E-state index is 0.0919. The lowest BCUT2D eigenvalue weighted by Gasteiger charge is -2.39. The SMILES string of the molecule is CC1(Cc2cc(F)ccc2F)CNC1. The summed E-state index contributed by atoms with van der Waals surface area (Å²) in [5.41, 5.74) is 0.572. The van der Waals surface area contributed by atoms with Crippen LogP contribution in [-0.2, 0) is 6.42 Å². The van der Waals surface area contributed by atoms with Crippen LogP contribution in [0.4, 0.5) is 8.78 Å². The number of benzene rings is 1. The zero-order valence-corrected chi connectivity index (χ0v) is 8.11. The summed E-state index contributed by atoms with van der Waals surface area (Å²) in [6.07, 6.45) is 0.601. The van der Waals surface area contributed by atoms with E-state index in [1.54, 1.807) is 0 Å². The van der Waals surface area contributed by atoms with Crippen LogP contribution in [0.2, 0.25) is 0 Å². The molecule has 0 amide bonds. The van der Waals surface area contributed by atoms with Gasteiger partial charge >= 0.3 is 0 Å². The molecule has 0 atom stereocenters. The lowest BCUT2D eigenvalue weighted by molar-refractivity contribution is 0.193. The highest BCUT2D eigenvalue weighted by molar-refractivity contribution is 5.21. The molecule has 0 saturated carbocycles. The monoisotopic (exact) mass is 197 g/mol. The van der Waals surface area contributed by atoms with E-state index in [0.29, 0.717) is 12.0 Å². The van der Waals surface area contributed by atoms with Gasteiger partial charge in [-0.3, -0.25) is 0 Å². The molecule has 0 aromatic heterocycles. The second-order valence-corrected chi connectivity index (χ2v) is 4.33. The topological polar surface area (TPSA) is 12.0 Å². The molecule has 3 heteroatoms. The van der Waals surface area contributed by atoms with E-state index in [2.05, 4.69) is 12.2 Å². The summed E-state index contributed by atoms with van der Waals surface area (Å²) >= 11 is 0. The molecule has 14 heavy (non-hydrogen) atoms. The second-order valence-electron chi connectivity index (χ2n) is 4.33. The predicted octanol–water partition coefficient (Wildman–Crippen LogP) is 2.12. The minimum Gasteiger partial charge on any atom is -0.316 e. The predicted molar refractivity (Wildman–Crippen MR) is 51.0 cm³/mol. The first kappa shape index (κ1) is 9.59. The summed E-state index contributed by atoms with van der Waals surface area (Å²) in [5.74, 6) is -0.670. The summed E-state index contributed by atoms with van der Waals surface area (Å²) < 4.78 is 26.1. The zero-order chi connectivity index (χ0) is 10.2. The van der Waals surface area contributed by atoms with Gasteiger partial charge in [-0.1, -0.05) is 6.92 Å². The normalized spacial score (nSPS) is 19.1. The molecule has 1 aromatic carbocycles. The Balaban J connectivity index is 2.19. The second kappa shape index (κ2) is 3.31. The van der Waals surface area contributed by atoms with Gasteiger partial charge < -0.3 is 5.32 Å². The van der Waals surface area contributed by atoms with Gasteiger partial charge in [0.2, 0.25) is 0 Å². The maximum Gasteiger partial charge on any atom is 0.126 e. The number of halogens is 2. The van der Waals surface area contributed by atoms with Crippen molar-refractivity contribution in [3.63, 3.8) is 0 Å². The Morgan fingerprint density at radius 3 is 2.64 bits per heavy atom. The maximum absolute atomic E-state index is 13.3. The highest BCUT2D eigenvalue weighted by Gasteiger charge is 2.32. The molecule has 0 radical (unpaired) electrons. The van der Waals surface area contributed by atoms with Crippen LogP contribution < -0.4 is 5.32 Å². The van der Waals surface area contributed by atoms with Crippen molar-refractivity contribution >= 4 is 0 Å². The van der Waals surface area contributed by atoms with E-state index in [0.717, 1.165) is 19.2 Å². The smallest absolute Gasteiger partial charge is 0.126 e. The molecule has 1 fully saturated rings. The van der Waals surface area contributed by atoms with Gasteiger partial charge in [-0.2, -0.15) is 0 Å². The van der Waals surface area contributed by atoms with Crippen molar-refractivity contribution in [2.24, 2.45) is 5.41 Å². The largest absolute Gasteiger partial charge is 0.316 e. The molecule has 76 valence electrons. The molecule has 0 bridgehead atoms. The molecule has 1 N–H and O–H groups in total. The van der Waals surface area contributed by atoms with Crippen LogP contribution in [0.3, 0.4) is 0 Å². The maximum atomic E-state index is 13.3. The van der Waals surface area contributed by atoms with Crippen molar-refractivity contribution in [2.45, 2.75) is 13.3 Å². The molecule has 1 aliphatic heterocycles. The third-order valence-corrected chi connectivity index (χ3v) is 2.73. The molecule has 0 spiro atoms. The summed E-state index contributed by atoms with van der Waals surface area (Å²) in [6.45, 7) is 3.83. The molecule has 1 aromatic rings. The molecule has 1 aliphatic rings. The van der Waals surface area contributed by atoms with Crippen LogP contribution in [0.25, 0.3) is 0 Å². The fourth-order valence-electron chi connectivity index (χ4n) is 1.82. The average Bonchev–Trinajstić information content (AvgIpc) is 2.09. The van der Waals surface area contributed by atoms with E-state index in [1.807, 2.05) is 0 Å². The van der Waals surface area contributed by atoms with Crippen LogP contribution in [0.15, 0.2) is 18.2 Å². The third kappa shape index (κ3) is 1.77. The number of hydrogen-bond acceptors (Lipinski definition) is 1. The van der Waals surface area contributed by atoms with E-state index >= 15 is 0 Å². The van der Waals surface area contributed by atoms with E-state index in [-0.39, 0.29) is 17.0 Å². The van der Waals surface area contributed by atoms with Crippen molar-refractivity contribution in [3.8, 4) is 0 Å². The number of nitrogens with one attached hydrogen (secondary N) is 1. The van der Waals surface area contributed by atoms with Crippen LogP contribution in [0, 0.1) is 17.0 Å². The molecule has 0 aliphatic carbocycles. The van der Waals surface area contributed by atoms with Crippen LogP contribution >= 0.6 is 0 Å². The van der Waals surface area contributed by atoms with E-state index in [9.17, 15) is 8.78 Å². The van der Waals surface area contributed by atoms with Gasteiger partial charge in [0.25, 0.3) is 0 Å². The highest BCUT2D eigenvalue weighted by Crippen LogP contribution is 2.27.